The van der Waals surface area contributed by atoms with E-state index in [0.717, 1.165) is 11.8 Å². The fourth-order valence-electron chi connectivity index (χ4n) is 1.90. The van der Waals surface area contributed by atoms with E-state index in [0.29, 0.717) is 17.8 Å². The van der Waals surface area contributed by atoms with Crippen LogP contribution in [0, 0.1) is 0 Å². The van der Waals surface area contributed by atoms with Crippen LogP contribution in [-0.4, -0.2) is 37.3 Å². The molecule has 0 aliphatic rings. The van der Waals surface area contributed by atoms with Crippen molar-refractivity contribution in [1.82, 2.24) is 24.7 Å². The highest BCUT2D eigenvalue weighted by molar-refractivity contribution is 7.09. The number of halogens is 2. The van der Waals surface area contributed by atoms with Gasteiger partial charge in [0.2, 0.25) is 0 Å². The molecule has 0 aliphatic carbocycles. The van der Waals surface area contributed by atoms with Gasteiger partial charge in [-0.15, -0.1) is 11.3 Å². The van der Waals surface area contributed by atoms with Crippen molar-refractivity contribution >= 4 is 11.3 Å². The van der Waals surface area contributed by atoms with Crippen molar-refractivity contribution in [2.75, 3.05) is 6.61 Å². The van der Waals surface area contributed by atoms with Gasteiger partial charge in [0.05, 0.1) is 17.7 Å². The molecule has 0 saturated heterocycles. The highest BCUT2D eigenvalue weighted by Gasteiger charge is 2.22. The Balaban J connectivity index is 1.78. The van der Waals surface area contributed by atoms with Crippen LogP contribution in [0.25, 0.3) is 11.3 Å². The van der Waals surface area contributed by atoms with Crippen molar-refractivity contribution in [3.63, 3.8) is 0 Å². The van der Waals surface area contributed by atoms with Crippen molar-refractivity contribution in [3.05, 3.63) is 51.5 Å². The molecule has 7 nitrogen and oxygen atoms in total. The van der Waals surface area contributed by atoms with Crippen LogP contribution in [0.3, 0.4) is 0 Å². The summed E-state index contributed by atoms with van der Waals surface area (Å²) < 4.78 is 31.7. The van der Waals surface area contributed by atoms with Gasteiger partial charge >= 0.3 is 6.01 Å². The number of nitrogens with zero attached hydrogens (tertiary/aromatic N) is 5. The van der Waals surface area contributed by atoms with Gasteiger partial charge in [-0.25, -0.2) is 23.4 Å². The Morgan fingerprint density at radius 1 is 1.24 bits per heavy atom. The third-order valence-corrected chi connectivity index (χ3v) is 3.80. The first-order valence-electron chi connectivity index (χ1n) is 7.19. The highest BCUT2D eigenvalue weighted by atomic mass is 32.1. The molecular weight excluding hydrogens is 352 g/mol. The molecule has 3 rings (SSSR count). The number of hydrogen-bond donors (Lipinski definition) is 0. The van der Waals surface area contributed by atoms with Crippen LogP contribution < -0.4 is 10.3 Å². The molecule has 0 aliphatic heterocycles. The number of alkyl halides is 2. The average molecular weight is 365 g/mol. The van der Waals surface area contributed by atoms with Crippen LogP contribution in [-0.2, 0) is 6.54 Å². The summed E-state index contributed by atoms with van der Waals surface area (Å²) in [6, 6.07) is 2.79. The molecule has 25 heavy (non-hydrogen) atoms. The number of hydrogen-bond acceptors (Lipinski definition) is 7. The molecule has 0 atom stereocenters. The third-order valence-electron chi connectivity index (χ3n) is 3.03. The fraction of sp³-hybridized carbons (Fsp3) is 0.267. The molecule has 0 spiro atoms. The number of aromatic nitrogens is 5. The minimum Gasteiger partial charge on any atom is -0.457 e. The van der Waals surface area contributed by atoms with Crippen LogP contribution in [0.15, 0.2) is 41.0 Å². The lowest BCUT2D eigenvalue weighted by molar-refractivity contribution is -0.0256. The molecule has 10 heteroatoms. The van der Waals surface area contributed by atoms with E-state index in [9.17, 15) is 13.6 Å². The first kappa shape index (κ1) is 17.1. The van der Waals surface area contributed by atoms with Crippen molar-refractivity contribution in [3.8, 4) is 17.3 Å². The van der Waals surface area contributed by atoms with Gasteiger partial charge in [-0.1, -0.05) is 0 Å². The van der Waals surface area contributed by atoms with Gasteiger partial charge in [-0.05, 0) is 6.07 Å². The van der Waals surface area contributed by atoms with E-state index >= 15 is 0 Å². The SMILES string of the molecule is CC(F)(F)COc1ncc(-c2ccc(=O)n(Cc3cncs3)n2)cn1. The molecule has 3 heterocycles. The zero-order chi connectivity index (χ0) is 17.9. The zero-order valence-corrected chi connectivity index (χ0v) is 13.9. The van der Waals surface area contributed by atoms with E-state index in [1.54, 1.807) is 17.8 Å². The molecule has 0 N–H and O–H groups in total. The number of rotatable bonds is 6. The van der Waals surface area contributed by atoms with E-state index in [1.165, 1.54) is 34.5 Å². The lowest BCUT2D eigenvalue weighted by Gasteiger charge is -2.10. The van der Waals surface area contributed by atoms with Crippen molar-refractivity contribution in [1.29, 1.82) is 0 Å². The average Bonchev–Trinajstić information content (AvgIpc) is 3.08. The molecule has 0 bridgehead atoms. The van der Waals surface area contributed by atoms with E-state index in [1.807, 2.05) is 0 Å². The second-order valence-electron chi connectivity index (χ2n) is 5.30. The summed E-state index contributed by atoms with van der Waals surface area (Å²) in [7, 11) is 0. The van der Waals surface area contributed by atoms with Gasteiger partial charge in [0.15, 0.2) is 6.61 Å². The summed E-state index contributed by atoms with van der Waals surface area (Å²) >= 11 is 1.42. The van der Waals surface area contributed by atoms with Gasteiger partial charge < -0.3 is 4.74 Å². The summed E-state index contributed by atoms with van der Waals surface area (Å²) in [4.78, 5) is 24.5. The molecule has 3 aromatic heterocycles. The topological polar surface area (TPSA) is 82.8 Å². The second-order valence-corrected chi connectivity index (χ2v) is 6.27. The third kappa shape index (κ3) is 4.63. The molecule has 130 valence electrons. The predicted molar refractivity (Wildman–Crippen MR) is 86.9 cm³/mol. The summed E-state index contributed by atoms with van der Waals surface area (Å²) in [5, 5.41) is 4.27. The molecule has 3 aromatic rings. The Morgan fingerprint density at radius 3 is 2.64 bits per heavy atom. The first-order chi connectivity index (χ1) is 11.9. The lowest BCUT2D eigenvalue weighted by atomic mass is 10.2. The Labute approximate surface area is 145 Å². The van der Waals surface area contributed by atoms with E-state index in [4.69, 9.17) is 4.74 Å². The maximum Gasteiger partial charge on any atom is 0.316 e. The van der Waals surface area contributed by atoms with Crippen LogP contribution in [0.5, 0.6) is 6.01 Å². The van der Waals surface area contributed by atoms with E-state index in [2.05, 4.69) is 20.1 Å². The Bertz CT molecular complexity index is 892. The van der Waals surface area contributed by atoms with Crippen molar-refractivity contribution in [2.45, 2.75) is 19.4 Å². The van der Waals surface area contributed by atoms with Crippen LogP contribution in [0.1, 0.15) is 11.8 Å². The van der Waals surface area contributed by atoms with Gasteiger partial charge in [0.1, 0.15) is 0 Å². The van der Waals surface area contributed by atoms with E-state index < -0.39 is 12.5 Å². The largest absolute Gasteiger partial charge is 0.457 e. The summed E-state index contributed by atoms with van der Waals surface area (Å²) in [6.07, 6.45) is 4.48. The molecule has 0 amide bonds. The van der Waals surface area contributed by atoms with Crippen LogP contribution >= 0.6 is 11.3 Å². The van der Waals surface area contributed by atoms with Crippen molar-refractivity contribution in [2.24, 2.45) is 0 Å². The molecule has 0 aromatic carbocycles. The fourth-order valence-corrected chi connectivity index (χ4v) is 2.47. The van der Waals surface area contributed by atoms with Gasteiger partial charge in [-0.2, -0.15) is 5.10 Å². The maximum absolute atomic E-state index is 12.8. The second kappa shape index (κ2) is 7.01. The Kier molecular flexibility index (Phi) is 4.79. The minimum atomic E-state index is -2.96. The summed E-state index contributed by atoms with van der Waals surface area (Å²) in [5.74, 6) is -2.96. The Hall–Kier alpha value is -2.75. The minimum absolute atomic E-state index is 0.150. The van der Waals surface area contributed by atoms with E-state index in [-0.39, 0.29) is 11.6 Å². The lowest BCUT2D eigenvalue weighted by Crippen LogP contribution is -2.22. The normalized spacial score (nSPS) is 11.5. The Morgan fingerprint density at radius 2 is 2.00 bits per heavy atom. The quantitative estimate of drug-likeness (QED) is 0.666. The van der Waals surface area contributed by atoms with Gasteiger partial charge in [-0.3, -0.25) is 9.78 Å². The summed E-state index contributed by atoms with van der Waals surface area (Å²) in [5.41, 5.74) is 2.45. The van der Waals surface area contributed by atoms with Gasteiger partial charge in [0, 0.05) is 42.0 Å². The van der Waals surface area contributed by atoms with Crippen molar-refractivity contribution < 1.29 is 13.5 Å². The standard InChI is InChI=1S/C15H13F2N5O2S/c1-15(16,17)8-24-14-19-4-10(5-20-14)12-2-3-13(23)22(21-12)7-11-6-18-9-25-11/h2-6,9H,7-8H2,1H3. The van der Waals surface area contributed by atoms with Crippen LogP contribution in [0.4, 0.5) is 8.78 Å². The molecule has 0 saturated carbocycles. The number of thiazole rings is 1. The van der Waals surface area contributed by atoms with Gasteiger partial charge in [0.25, 0.3) is 11.5 Å². The monoisotopic (exact) mass is 365 g/mol. The summed E-state index contributed by atoms with van der Waals surface area (Å²) in [6.45, 7) is 0.257. The highest BCUT2D eigenvalue weighted by Crippen LogP contribution is 2.17. The first-order valence-corrected chi connectivity index (χ1v) is 8.07. The molecule has 0 unspecified atom stereocenters. The molecule has 0 radical (unpaired) electrons. The van der Waals surface area contributed by atoms with Crippen LogP contribution in [0.2, 0.25) is 0 Å². The molecule has 0 fully saturated rings. The zero-order valence-electron chi connectivity index (χ0n) is 13.1. The number of ether oxygens (including phenoxy) is 1. The predicted octanol–water partition coefficient (Wildman–Crippen LogP) is 2.24. The maximum atomic E-state index is 12.8. The molecular formula is C15H13F2N5O2S. The smallest absolute Gasteiger partial charge is 0.316 e.